The second-order valence-electron chi connectivity index (χ2n) is 6.82. The van der Waals surface area contributed by atoms with Crippen LogP contribution < -0.4 is 5.32 Å². The first-order valence-electron chi connectivity index (χ1n) is 8.93. The molecule has 2 heterocycles. The van der Waals surface area contributed by atoms with Crippen molar-refractivity contribution in [1.82, 2.24) is 15.3 Å². The van der Waals surface area contributed by atoms with Gasteiger partial charge in [-0.2, -0.15) is 0 Å². The van der Waals surface area contributed by atoms with Gasteiger partial charge in [0.2, 0.25) is 11.1 Å². The van der Waals surface area contributed by atoms with Crippen molar-refractivity contribution in [1.29, 1.82) is 0 Å². The van der Waals surface area contributed by atoms with E-state index in [2.05, 4.69) is 15.3 Å². The van der Waals surface area contributed by atoms with Crippen molar-refractivity contribution in [2.24, 2.45) is 0 Å². The van der Waals surface area contributed by atoms with Crippen LogP contribution in [0.15, 0.2) is 46.0 Å². The molecule has 146 valence electrons. The molecule has 0 aliphatic heterocycles. The fourth-order valence-electron chi connectivity index (χ4n) is 3.49. The number of nitrogens with one attached hydrogen (secondary N) is 1. The molecule has 1 amide bonds. The van der Waals surface area contributed by atoms with Crippen LogP contribution in [0.3, 0.4) is 0 Å². The third-order valence-electron chi connectivity index (χ3n) is 4.95. The van der Waals surface area contributed by atoms with E-state index in [0.29, 0.717) is 16.5 Å². The number of amides is 1. The van der Waals surface area contributed by atoms with E-state index in [1.54, 1.807) is 12.1 Å². The Morgan fingerprint density at radius 1 is 1.21 bits per heavy atom. The number of hydrogen-bond donors (Lipinski definition) is 2. The molecular formula is C19H18ClN3O4S. The van der Waals surface area contributed by atoms with Gasteiger partial charge in [-0.3, -0.25) is 4.79 Å². The molecule has 3 aromatic rings. The number of aromatic nitrogens is 2. The second-order valence-corrected chi connectivity index (χ2v) is 8.17. The summed E-state index contributed by atoms with van der Waals surface area (Å²) in [4.78, 5) is 20.8. The number of halogens is 1. The van der Waals surface area contributed by atoms with E-state index in [1.165, 1.54) is 18.3 Å². The number of oxazole rings is 1. The minimum atomic E-state index is -2.21. The maximum absolute atomic E-state index is 12.4. The van der Waals surface area contributed by atoms with Gasteiger partial charge in [0.25, 0.3) is 5.91 Å². The summed E-state index contributed by atoms with van der Waals surface area (Å²) in [6, 6.07) is 8.29. The Bertz CT molecular complexity index is 1050. The van der Waals surface area contributed by atoms with Crippen LogP contribution in [-0.4, -0.2) is 30.7 Å². The highest BCUT2D eigenvalue weighted by Gasteiger charge is 2.27. The second kappa shape index (κ2) is 7.98. The number of carbonyl (C=O) groups is 1. The summed E-state index contributed by atoms with van der Waals surface area (Å²) in [7, 11) is 0. The number of fused-ring (bicyclic) bond motifs is 1. The van der Waals surface area contributed by atoms with Gasteiger partial charge < -0.3 is 14.3 Å². The van der Waals surface area contributed by atoms with Gasteiger partial charge in [0.1, 0.15) is 5.52 Å². The molecule has 1 saturated carbocycles. The monoisotopic (exact) mass is 419 g/mol. The van der Waals surface area contributed by atoms with Crippen molar-refractivity contribution in [2.75, 3.05) is 0 Å². The largest absolute Gasteiger partial charge is 0.440 e. The van der Waals surface area contributed by atoms with Gasteiger partial charge in [0, 0.05) is 28.7 Å². The van der Waals surface area contributed by atoms with E-state index in [1.807, 2.05) is 6.07 Å². The van der Waals surface area contributed by atoms with E-state index in [9.17, 15) is 9.00 Å². The maximum Gasteiger partial charge on any atom is 0.251 e. The Morgan fingerprint density at radius 3 is 2.75 bits per heavy atom. The lowest BCUT2D eigenvalue weighted by molar-refractivity contribution is 0.0924. The number of benzene rings is 1. The van der Waals surface area contributed by atoms with E-state index >= 15 is 0 Å². The molecule has 4 rings (SSSR count). The topological polar surface area (TPSA) is 105 Å². The van der Waals surface area contributed by atoms with Crippen LogP contribution in [0.1, 0.15) is 47.8 Å². The van der Waals surface area contributed by atoms with Gasteiger partial charge in [-0.05, 0) is 56.0 Å². The summed E-state index contributed by atoms with van der Waals surface area (Å²) in [5.41, 5.74) is 1.81. The summed E-state index contributed by atoms with van der Waals surface area (Å²) in [5, 5.41) is 3.58. The SMILES string of the molecule is O=C(NC1CCC(c2nc3cc(Cl)ccc3o2)CC1)c1ccnc(S(=O)O)c1. The maximum atomic E-state index is 12.4. The Labute approximate surface area is 168 Å². The lowest BCUT2D eigenvalue weighted by Crippen LogP contribution is -2.37. The first kappa shape index (κ1) is 19.0. The molecule has 2 N–H and O–H groups in total. The highest BCUT2D eigenvalue weighted by Crippen LogP contribution is 2.34. The van der Waals surface area contributed by atoms with E-state index in [0.717, 1.165) is 36.8 Å². The van der Waals surface area contributed by atoms with Crippen LogP contribution in [0, 0.1) is 0 Å². The zero-order chi connectivity index (χ0) is 19.7. The fourth-order valence-corrected chi connectivity index (χ4v) is 4.04. The van der Waals surface area contributed by atoms with Crippen LogP contribution in [0.25, 0.3) is 11.1 Å². The van der Waals surface area contributed by atoms with Gasteiger partial charge in [-0.25, -0.2) is 14.2 Å². The summed E-state index contributed by atoms with van der Waals surface area (Å²) < 4.78 is 26.1. The molecule has 1 unspecified atom stereocenters. The summed E-state index contributed by atoms with van der Waals surface area (Å²) in [6.07, 6.45) is 4.68. The third-order valence-corrected chi connectivity index (χ3v) is 5.77. The van der Waals surface area contributed by atoms with Gasteiger partial charge in [-0.15, -0.1) is 0 Å². The molecular weight excluding hydrogens is 402 g/mol. The number of pyridine rings is 1. The Balaban J connectivity index is 1.37. The van der Waals surface area contributed by atoms with E-state index < -0.39 is 11.1 Å². The normalized spacial score (nSPS) is 20.8. The van der Waals surface area contributed by atoms with E-state index in [4.69, 9.17) is 20.6 Å². The standard InChI is InChI=1S/C19H18ClN3O4S/c20-13-3-6-16-15(10-13)23-19(27-16)11-1-4-14(5-2-11)22-18(24)12-7-8-21-17(9-12)28(25)26/h3,6-11,14H,1-2,4-5H2,(H,22,24)(H,25,26). The van der Waals surface area contributed by atoms with Gasteiger partial charge >= 0.3 is 0 Å². The van der Waals surface area contributed by atoms with Crippen LogP contribution in [0.4, 0.5) is 0 Å². The molecule has 2 aromatic heterocycles. The molecule has 1 atom stereocenters. The van der Waals surface area contributed by atoms with Crippen molar-refractivity contribution < 1.29 is 18.0 Å². The lowest BCUT2D eigenvalue weighted by Gasteiger charge is -2.27. The highest BCUT2D eigenvalue weighted by molar-refractivity contribution is 7.79. The lowest BCUT2D eigenvalue weighted by atomic mass is 9.86. The molecule has 7 nitrogen and oxygen atoms in total. The van der Waals surface area contributed by atoms with E-state index in [-0.39, 0.29) is 22.9 Å². The first-order valence-corrected chi connectivity index (χ1v) is 10.4. The number of rotatable bonds is 4. The quantitative estimate of drug-likeness (QED) is 0.621. The van der Waals surface area contributed by atoms with Crippen LogP contribution in [-0.2, 0) is 11.1 Å². The molecule has 0 saturated heterocycles. The first-order chi connectivity index (χ1) is 13.5. The minimum Gasteiger partial charge on any atom is -0.440 e. The summed E-state index contributed by atoms with van der Waals surface area (Å²) in [6.45, 7) is 0. The molecule has 9 heteroatoms. The van der Waals surface area contributed by atoms with Gasteiger partial charge in [-0.1, -0.05) is 11.6 Å². The van der Waals surface area contributed by atoms with Crippen molar-refractivity contribution in [2.45, 2.75) is 42.7 Å². The average molecular weight is 420 g/mol. The Hall–Kier alpha value is -2.29. The number of hydrogen-bond acceptors (Lipinski definition) is 5. The summed E-state index contributed by atoms with van der Waals surface area (Å²) in [5.74, 6) is 0.656. The van der Waals surface area contributed by atoms with Crippen molar-refractivity contribution in [3.05, 3.63) is 53.0 Å². The van der Waals surface area contributed by atoms with Crippen LogP contribution >= 0.6 is 11.6 Å². The molecule has 1 aromatic carbocycles. The predicted octanol–water partition coefficient (Wildman–Crippen LogP) is 3.91. The van der Waals surface area contributed by atoms with Crippen LogP contribution in [0.5, 0.6) is 0 Å². The molecule has 0 spiro atoms. The third kappa shape index (κ3) is 4.09. The van der Waals surface area contributed by atoms with Crippen molar-refractivity contribution in [3.8, 4) is 0 Å². The van der Waals surface area contributed by atoms with Gasteiger partial charge in [0.15, 0.2) is 16.5 Å². The zero-order valence-electron chi connectivity index (χ0n) is 14.8. The smallest absolute Gasteiger partial charge is 0.251 e. The molecule has 0 bridgehead atoms. The number of nitrogens with zero attached hydrogens (tertiary/aromatic N) is 2. The molecule has 28 heavy (non-hydrogen) atoms. The molecule has 1 aliphatic rings. The molecule has 0 radical (unpaired) electrons. The Morgan fingerprint density at radius 2 is 2.00 bits per heavy atom. The zero-order valence-corrected chi connectivity index (χ0v) is 16.4. The van der Waals surface area contributed by atoms with Crippen molar-refractivity contribution >= 4 is 39.7 Å². The van der Waals surface area contributed by atoms with Crippen molar-refractivity contribution in [3.63, 3.8) is 0 Å². The molecule has 1 fully saturated rings. The Kier molecular flexibility index (Phi) is 5.43. The highest BCUT2D eigenvalue weighted by atomic mass is 35.5. The fraction of sp³-hybridized carbons (Fsp3) is 0.316. The van der Waals surface area contributed by atoms with Crippen LogP contribution in [0.2, 0.25) is 5.02 Å². The summed E-state index contributed by atoms with van der Waals surface area (Å²) >= 11 is 3.79. The number of carbonyl (C=O) groups excluding carboxylic acids is 1. The average Bonchev–Trinajstić information content (AvgIpc) is 3.11. The van der Waals surface area contributed by atoms with Gasteiger partial charge in [0.05, 0.1) is 0 Å². The minimum absolute atomic E-state index is 0.0348. The molecule has 1 aliphatic carbocycles. The predicted molar refractivity (Wildman–Crippen MR) is 105 cm³/mol.